The van der Waals surface area contributed by atoms with Crippen LogP contribution in [0.25, 0.3) is 0 Å². The Balaban J connectivity index is 2.10. The molecule has 0 bridgehead atoms. The van der Waals surface area contributed by atoms with Crippen molar-refractivity contribution in [3.8, 4) is 0 Å². The highest BCUT2D eigenvalue weighted by Gasteiger charge is 2.55. The topological polar surface area (TPSA) is 57.6 Å². The van der Waals surface area contributed by atoms with Gasteiger partial charge >= 0.3 is 0 Å². The van der Waals surface area contributed by atoms with Gasteiger partial charge in [-0.25, -0.2) is 0 Å². The molecule has 1 heterocycles. The number of Topliss-reactive ketones (excluding diaryl/α,β-unsaturated/α-hetero) is 1. The number of hydrogen-bond acceptors (Lipinski definition) is 3. The second kappa shape index (κ2) is 6.81. The summed E-state index contributed by atoms with van der Waals surface area (Å²) in [5.41, 5.74) is -0.102. The Morgan fingerprint density at radius 2 is 1.76 bits per heavy atom. The molecule has 1 amide bonds. The highest BCUT2D eigenvalue weighted by Crippen LogP contribution is 2.46. The molecule has 130 valence electrons. The first-order valence-corrected chi connectivity index (χ1v) is 8.71. The molecule has 0 unspecified atom stereocenters. The van der Waals surface area contributed by atoms with Crippen molar-refractivity contribution in [1.82, 2.24) is 0 Å². The first-order valence-electron chi connectivity index (χ1n) is 8.71. The second-order valence-corrected chi connectivity index (χ2v) is 6.57. The number of ketones is 1. The number of benzene rings is 2. The number of para-hydroxylation sites is 1. The third-order valence-electron chi connectivity index (χ3n) is 5.03. The monoisotopic (exact) mass is 337 g/mol. The Morgan fingerprint density at radius 1 is 1.12 bits per heavy atom. The lowest BCUT2D eigenvalue weighted by molar-refractivity contribution is -0.140. The zero-order valence-electron chi connectivity index (χ0n) is 14.6. The molecule has 25 heavy (non-hydrogen) atoms. The molecule has 0 aromatic heterocycles. The summed E-state index contributed by atoms with van der Waals surface area (Å²) in [6, 6.07) is 16.1. The van der Waals surface area contributed by atoms with Gasteiger partial charge in [0.15, 0.2) is 11.4 Å². The third kappa shape index (κ3) is 2.76. The number of anilines is 1. The zero-order valence-corrected chi connectivity index (χ0v) is 14.6. The van der Waals surface area contributed by atoms with Gasteiger partial charge in [0.25, 0.3) is 5.91 Å². The molecule has 3 rings (SSSR count). The molecule has 2 atom stereocenters. The van der Waals surface area contributed by atoms with Crippen molar-refractivity contribution in [1.29, 1.82) is 0 Å². The number of fused-ring (bicyclic) bond motifs is 1. The Labute approximate surface area is 148 Å². The summed E-state index contributed by atoms with van der Waals surface area (Å²) in [7, 11) is 1.64. The van der Waals surface area contributed by atoms with Crippen LogP contribution in [0.4, 0.5) is 5.69 Å². The molecule has 1 N–H and O–H groups in total. The van der Waals surface area contributed by atoms with E-state index >= 15 is 0 Å². The molecule has 0 fully saturated rings. The molecule has 2 aromatic carbocycles. The molecule has 0 saturated carbocycles. The Kier molecular flexibility index (Phi) is 4.73. The van der Waals surface area contributed by atoms with Crippen LogP contribution in [-0.2, 0) is 10.4 Å². The lowest BCUT2D eigenvalue weighted by atomic mass is 9.75. The quantitative estimate of drug-likeness (QED) is 0.820. The van der Waals surface area contributed by atoms with Crippen LogP contribution in [0.2, 0.25) is 0 Å². The van der Waals surface area contributed by atoms with E-state index < -0.39 is 17.4 Å². The molecule has 4 heteroatoms. The van der Waals surface area contributed by atoms with Crippen LogP contribution in [-0.4, -0.2) is 23.8 Å². The van der Waals surface area contributed by atoms with E-state index in [9.17, 15) is 14.7 Å². The fourth-order valence-corrected chi connectivity index (χ4v) is 3.65. The largest absolute Gasteiger partial charge is 0.375 e. The molecule has 0 saturated heterocycles. The summed E-state index contributed by atoms with van der Waals surface area (Å²) < 4.78 is 0. The minimum atomic E-state index is -1.81. The van der Waals surface area contributed by atoms with E-state index in [0.29, 0.717) is 23.2 Å². The van der Waals surface area contributed by atoms with Gasteiger partial charge in [0.1, 0.15) is 0 Å². The van der Waals surface area contributed by atoms with Gasteiger partial charge in [0.05, 0.1) is 11.6 Å². The number of rotatable bonds is 6. The van der Waals surface area contributed by atoms with Crippen molar-refractivity contribution in [2.45, 2.75) is 31.8 Å². The van der Waals surface area contributed by atoms with E-state index in [1.807, 2.05) is 19.1 Å². The number of carbonyl (C=O) groups is 2. The van der Waals surface area contributed by atoms with E-state index in [1.165, 1.54) is 4.90 Å². The lowest BCUT2D eigenvalue weighted by Gasteiger charge is -2.31. The number of likely N-dealkylation sites (N-methyl/N-ethyl adjacent to an activating group) is 1. The summed E-state index contributed by atoms with van der Waals surface area (Å²) in [5.74, 6) is -1.41. The smallest absolute Gasteiger partial charge is 0.264 e. The standard InChI is InChI=1S/C21H23NO3/c1-3-4-12-17(19(23)15-10-6-5-7-11-15)21(25)16-13-8-9-14-18(16)22(2)20(21)24/h5-11,13-14,17,25H,3-4,12H2,1-2H3/t17-,21-/m1/s1. The molecule has 0 spiro atoms. The van der Waals surface area contributed by atoms with Crippen molar-refractivity contribution in [3.05, 3.63) is 65.7 Å². The average Bonchev–Trinajstić information content (AvgIpc) is 2.85. The van der Waals surface area contributed by atoms with Crippen molar-refractivity contribution in [2.75, 3.05) is 11.9 Å². The molecular weight excluding hydrogens is 314 g/mol. The molecular formula is C21H23NO3. The first-order chi connectivity index (χ1) is 12.0. The fraction of sp³-hybridized carbons (Fsp3) is 0.333. The highest BCUT2D eigenvalue weighted by atomic mass is 16.3. The van der Waals surface area contributed by atoms with Crippen molar-refractivity contribution in [2.24, 2.45) is 5.92 Å². The van der Waals surface area contributed by atoms with Crippen molar-refractivity contribution >= 4 is 17.4 Å². The molecule has 0 radical (unpaired) electrons. The van der Waals surface area contributed by atoms with Crippen LogP contribution in [0.3, 0.4) is 0 Å². The predicted molar refractivity (Wildman–Crippen MR) is 97.5 cm³/mol. The maximum atomic E-state index is 13.2. The summed E-state index contributed by atoms with van der Waals surface area (Å²) in [6.45, 7) is 2.03. The minimum Gasteiger partial charge on any atom is -0.375 e. The van der Waals surface area contributed by atoms with Gasteiger partial charge in [-0.1, -0.05) is 68.3 Å². The number of aliphatic hydroxyl groups is 1. The maximum Gasteiger partial charge on any atom is 0.264 e. The summed E-state index contributed by atoms with van der Waals surface area (Å²) in [5, 5.41) is 11.5. The van der Waals surface area contributed by atoms with Crippen LogP contribution in [0, 0.1) is 5.92 Å². The molecule has 1 aliphatic heterocycles. The summed E-state index contributed by atoms with van der Waals surface area (Å²) >= 11 is 0. The number of amides is 1. The molecule has 0 aliphatic carbocycles. The summed E-state index contributed by atoms with van der Waals surface area (Å²) in [6.07, 6.45) is 2.12. The van der Waals surface area contributed by atoms with Gasteiger partial charge in [0, 0.05) is 18.2 Å². The fourth-order valence-electron chi connectivity index (χ4n) is 3.65. The Hall–Kier alpha value is -2.46. The van der Waals surface area contributed by atoms with E-state index in [4.69, 9.17) is 0 Å². The van der Waals surface area contributed by atoms with Crippen LogP contribution in [0.15, 0.2) is 54.6 Å². The zero-order chi connectivity index (χ0) is 18.0. The number of carbonyl (C=O) groups excluding carboxylic acids is 2. The maximum absolute atomic E-state index is 13.2. The second-order valence-electron chi connectivity index (χ2n) is 6.57. The van der Waals surface area contributed by atoms with Gasteiger partial charge in [-0.05, 0) is 12.5 Å². The number of nitrogens with zero attached hydrogens (tertiary/aromatic N) is 1. The molecule has 1 aliphatic rings. The van der Waals surface area contributed by atoms with Crippen LogP contribution < -0.4 is 4.90 Å². The highest BCUT2D eigenvalue weighted by molar-refractivity contribution is 6.11. The van der Waals surface area contributed by atoms with Gasteiger partial charge in [-0.2, -0.15) is 0 Å². The predicted octanol–water partition coefficient (Wildman–Crippen LogP) is 3.54. The number of unbranched alkanes of at least 4 members (excludes halogenated alkanes) is 1. The van der Waals surface area contributed by atoms with E-state index in [1.54, 1.807) is 49.5 Å². The molecule has 4 nitrogen and oxygen atoms in total. The van der Waals surface area contributed by atoms with Crippen LogP contribution in [0.5, 0.6) is 0 Å². The summed E-state index contributed by atoms with van der Waals surface area (Å²) in [4.78, 5) is 27.6. The minimum absolute atomic E-state index is 0.185. The van der Waals surface area contributed by atoms with Crippen molar-refractivity contribution < 1.29 is 14.7 Å². The molecule has 2 aromatic rings. The van der Waals surface area contributed by atoms with E-state index in [0.717, 1.165) is 12.8 Å². The van der Waals surface area contributed by atoms with E-state index in [2.05, 4.69) is 0 Å². The SMILES string of the molecule is CCCC[C@H](C(=O)c1ccccc1)[C@@]1(O)C(=O)N(C)c2ccccc21. The normalized spacial score (nSPS) is 20.4. The van der Waals surface area contributed by atoms with Gasteiger partial charge in [-0.15, -0.1) is 0 Å². The van der Waals surface area contributed by atoms with Gasteiger partial charge in [0.2, 0.25) is 0 Å². The van der Waals surface area contributed by atoms with Crippen LogP contribution in [0.1, 0.15) is 42.1 Å². The van der Waals surface area contributed by atoms with Crippen molar-refractivity contribution in [3.63, 3.8) is 0 Å². The van der Waals surface area contributed by atoms with Gasteiger partial charge < -0.3 is 10.0 Å². The number of hydrogen-bond donors (Lipinski definition) is 1. The van der Waals surface area contributed by atoms with E-state index in [-0.39, 0.29) is 5.78 Å². The lowest BCUT2D eigenvalue weighted by Crippen LogP contribution is -2.47. The Morgan fingerprint density at radius 3 is 2.44 bits per heavy atom. The average molecular weight is 337 g/mol. The first kappa shape index (κ1) is 17.4. The Bertz CT molecular complexity index is 787. The van der Waals surface area contributed by atoms with Gasteiger partial charge in [-0.3, -0.25) is 9.59 Å². The van der Waals surface area contributed by atoms with Crippen LogP contribution >= 0.6 is 0 Å². The third-order valence-corrected chi connectivity index (χ3v) is 5.03.